The van der Waals surface area contributed by atoms with Gasteiger partial charge in [0.15, 0.2) is 0 Å². The van der Waals surface area contributed by atoms with Crippen LogP contribution in [0.2, 0.25) is 0 Å². The van der Waals surface area contributed by atoms with Gasteiger partial charge in [-0.15, -0.1) is 0 Å². The second-order valence-corrected chi connectivity index (χ2v) is 3.81. The lowest BCUT2D eigenvalue weighted by molar-refractivity contribution is -0.114. The van der Waals surface area contributed by atoms with Gasteiger partial charge < -0.3 is 14.8 Å². The molecular weight excluding hydrogens is 203 g/mol. The maximum Gasteiger partial charge on any atom is 0.438 e. The lowest BCUT2D eigenvalue weighted by atomic mass is 10.1. The second kappa shape index (κ2) is 4.57. The maximum atomic E-state index is 10.9. The number of anilines is 2. The Morgan fingerprint density at radius 3 is 3.06 bits per heavy atom. The summed E-state index contributed by atoms with van der Waals surface area (Å²) in [5.41, 5.74) is 3.24. The minimum atomic E-state index is -0.0433. The standard InChI is InChI=1S/C11H14BN2O2/c1-8(15)13-10-3-4-11-9(7-10)5-6-14(11)12-16-2/h3-4,7H,5-6H2,1-2H3,(H,13,15). The predicted molar refractivity (Wildman–Crippen MR) is 64.6 cm³/mol. The minimum absolute atomic E-state index is 0.0433. The molecule has 0 aliphatic carbocycles. The molecule has 1 N–H and O–H groups in total. The molecule has 2 rings (SSSR count). The largest absolute Gasteiger partial charge is 0.438 e. The van der Waals surface area contributed by atoms with E-state index in [-0.39, 0.29) is 5.91 Å². The molecule has 4 nitrogen and oxygen atoms in total. The number of benzene rings is 1. The number of carbonyl (C=O) groups is 1. The summed E-state index contributed by atoms with van der Waals surface area (Å²) in [7, 11) is 3.35. The molecule has 1 aliphatic rings. The smallest absolute Gasteiger partial charge is 0.422 e. The van der Waals surface area contributed by atoms with Crippen molar-refractivity contribution in [2.45, 2.75) is 13.3 Å². The van der Waals surface area contributed by atoms with Gasteiger partial charge in [-0.25, -0.2) is 0 Å². The van der Waals surface area contributed by atoms with Crippen molar-refractivity contribution in [1.29, 1.82) is 0 Å². The van der Waals surface area contributed by atoms with Gasteiger partial charge in [0.05, 0.1) is 0 Å². The summed E-state index contributed by atoms with van der Waals surface area (Å²) in [6, 6.07) is 5.92. The number of nitrogens with zero attached hydrogens (tertiary/aromatic N) is 1. The molecule has 1 amide bonds. The minimum Gasteiger partial charge on any atom is -0.422 e. The SMILES string of the molecule is CO[B]N1CCc2cc(NC(C)=O)ccc21. The summed E-state index contributed by atoms with van der Waals surface area (Å²) in [6.45, 7) is 2.44. The van der Waals surface area contributed by atoms with Crippen molar-refractivity contribution >= 4 is 24.9 Å². The Morgan fingerprint density at radius 1 is 1.56 bits per heavy atom. The van der Waals surface area contributed by atoms with Crippen LogP contribution in [0.1, 0.15) is 12.5 Å². The number of amides is 1. The van der Waals surface area contributed by atoms with E-state index in [0.29, 0.717) is 0 Å². The Bertz CT molecular complexity index is 409. The summed E-state index contributed by atoms with van der Waals surface area (Å²) in [5, 5.41) is 2.78. The van der Waals surface area contributed by atoms with Crippen LogP contribution in [-0.2, 0) is 15.9 Å². The molecule has 1 radical (unpaired) electrons. The fourth-order valence-electron chi connectivity index (χ4n) is 1.95. The number of hydrogen-bond donors (Lipinski definition) is 1. The first kappa shape index (κ1) is 11.0. The van der Waals surface area contributed by atoms with Crippen LogP contribution in [0, 0.1) is 0 Å². The Hall–Kier alpha value is -1.49. The van der Waals surface area contributed by atoms with Crippen LogP contribution in [0.5, 0.6) is 0 Å². The Labute approximate surface area is 95.9 Å². The lowest BCUT2D eigenvalue weighted by Gasteiger charge is -2.16. The Balaban J connectivity index is 2.18. The van der Waals surface area contributed by atoms with Crippen LogP contribution in [0.25, 0.3) is 0 Å². The molecule has 5 heteroatoms. The summed E-state index contributed by atoms with van der Waals surface area (Å²) >= 11 is 0. The maximum absolute atomic E-state index is 10.9. The predicted octanol–water partition coefficient (Wildman–Crippen LogP) is 1.19. The van der Waals surface area contributed by atoms with Crippen LogP contribution >= 0.6 is 0 Å². The molecule has 1 aliphatic heterocycles. The molecule has 0 saturated carbocycles. The normalized spacial score (nSPS) is 13.5. The average molecular weight is 217 g/mol. The van der Waals surface area contributed by atoms with Gasteiger partial charge in [0, 0.05) is 32.0 Å². The first-order valence-corrected chi connectivity index (χ1v) is 5.24. The van der Waals surface area contributed by atoms with Gasteiger partial charge in [0.25, 0.3) is 0 Å². The molecular formula is C11H14BN2O2. The van der Waals surface area contributed by atoms with Crippen molar-refractivity contribution in [2.75, 3.05) is 23.8 Å². The highest BCUT2D eigenvalue weighted by atomic mass is 16.4. The molecule has 0 spiro atoms. The fourth-order valence-corrected chi connectivity index (χ4v) is 1.95. The summed E-state index contributed by atoms with van der Waals surface area (Å²) < 4.78 is 5.01. The molecule has 0 bridgehead atoms. The number of nitrogens with one attached hydrogen (secondary N) is 1. The molecule has 1 heterocycles. The number of rotatable bonds is 3. The van der Waals surface area contributed by atoms with Crippen molar-refractivity contribution in [2.24, 2.45) is 0 Å². The van der Waals surface area contributed by atoms with E-state index in [1.165, 1.54) is 12.5 Å². The van der Waals surface area contributed by atoms with Crippen molar-refractivity contribution in [1.82, 2.24) is 0 Å². The van der Waals surface area contributed by atoms with Gasteiger partial charge in [-0.1, -0.05) is 0 Å². The van der Waals surface area contributed by atoms with E-state index < -0.39 is 0 Å². The Kier molecular flexibility index (Phi) is 3.15. The molecule has 1 aromatic carbocycles. The third kappa shape index (κ3) is 2.19. The van der Waals surface area contributed by atoms with E-state index in [2.05, 4.69) is 10.1 Å². The monoisotopic (exact) mass is 217 g/mol. The van der Waals surface area contributed by atoms with Crippen LogP contribution < -0.4 is 10.1 Å². The molecule has 0 atom stereocenters. The van der Waals surface area contributed by atoms with Crippen LogP contribution in [0.3, 0.4) is 0 Å². The van der Waals surface area contributed by atoms with E-state index in [0.717, 1.165) is 24.3 Å². The van der Waals surface area contributed by atoms with Gasteiger partial charge in [-0.2, -0.15) is 0 Å². The quantitative estimate of drug-likeness (QED) is 0.773. The van der Waals surface area contributed by atoms with E-state index >= 15 is 0 Å². The van der Waals surface area contributed by atoms with Crippen molar-refractivity contribution in [3.8, 4) is 0 Å². The summed E-state index contributed by atoms with van der Waals surface area (Å²) in [4.78, 5) is 13.0. The first-order chi connectivity index (χ1) is 7.70. The lowest BCUT2D eigenvalue weighted by Crippen LogP contribution is -2.26. The molecule has 0 unspecified atom stereocenters. The number of hydrogen-bond acceptors (Lipinski definition) is 3. The van der Waals surface area contributed by atoms with Crippen molar-refractivity contribution < 1.29 is 9.45 Å². The molecule has 0 aromatic heterocycles. The van der Waals surface area contributed by atoms with E-state index in [4.69, 9.17) is 4.65 Å². The molecule has 83 valence electrons. The van der Waals surface area contributed by atoms with Gasteiger partial charge in [-0.05, 0) is 30.2 Å². The highest BCUT2D eigenvalue weighted by Gasteiger charge is 2.20. The fraction of sp³-hybridized carbons (Fsp3) is 0.364. The van der Waals surface area contributed by atoms with Gasteiger partial charge in [-0.3, -0.25) is 4.79 Å². The van der Waals surface area contributed by atoms with Crippen molar-refractivity contribution in [3.63, 3.8) is 0 Å². The first-order valence-electron chi connectivity index (χ1n) is 5.24. The molecule has 0 fully saturated rings. The third-order valence-electron chi connectivity index (χ3n) is 2.56. The van der Waals surface area contributed by atoms with Gasteiger partial charge in [0.2, 0.25) is 5.91 Å². The molecule has 1 aromatic rings. The van der Waals surface area contributed by atoms with E-state index in [1.54, 1.807) is 14.7 Å². The topological polar surface area (TPSA) is 41.6 Å². The summed E-state index contributed by atoms with van der Waals surface area (Å²) in [5.74, 6) is -0.0433. The Morgan fingerprint density at radius 2 is 2.38 bits per heavy atom. The zero-order valence-corrected chi connectivity index (χ0v) is 9.49. The number of carbonyl (C=O) groups excluding carboxylic acids is 1. The van der Waals surface area contributed by atoms with E-state index in [9.17, 15) is 4.79 Å². The van der Waals surface area contributed by atoms with Gasteiger partial charge >= 0.3 is 7.62 Å². The zero-order valence-electron chi connectivity index (χ0n) is 9.49. The van der Waals surface area contributed by atoms with Crippen molar-refractivity contribution in [3.05, 3.63) is 23.8 Å². The third-order valence-corrected chi connectivity index (χ3v) is 2.56. The zero-order chi connectivity index (χ0) is 11.5. The van der Waals surface area contributed by atoms with Crippen LogP contribution in [0.15, 0.2) is 18.2 Å². The average Bonchev–Trinajstić information content (AvgIpc) is 2.61. The number of fused-ring (bicyclic) bond motifs is 1. The van der Waals surface area contributed by atoms with Crippen LogP contribution in [0.4, 0.5) is 11.4 Å². The molecule has 16 heavy (non-hydrogen) atoms. The molecule has 0 saturated heterocycles. The van der Waals surface area contributed by atoms with Crippen LogP contribution in [-0.4, -0.2) is 27.2 Å². The summed E-state index contributed by atoms with van der Waals surface area (Å²) in [6.07, 6.45) is 0.975. The highest BCUT2D eigenvalue weighted by molar-refractivity contribution is 6.34. The second-order valence-electron chi connectivity index (χ2n) is 3.81. The van der Waals surface area contributed by atoms with E-state index in [1.807, 2.05) is 18.2 Å². The highest BCUT2D eigenvalue weighted by Crippen LogP contribution is 2.29. The van der Waals surface area contributed by atoms with Gasteiger partial charge in [0.1, 0.15) is 0 Å².